The SMILES string of the molecule is Cc1cc2c(c(C(C)N)c1C)OCCO2. The van der Waals surface area contributed by atoms with Gasteiger partial charge in [0.05, 0.1) is 0 Å². The van der Waals surface area contributed by atoms with E-state index in [1.807, 2.05) is 13.0 Å². The van der Waals surface area contributed by atoms with Crippen molar-refractivity contribution in [3.63, 3.8) is 0 Å². The number of hydrogen-bond donors (Lipinski definition) is 1. The normalized spacial score (nSPS) is 16.3. The molecule has 0 aliphatic carbocycles. The van der Waals surface area contributed by atoms with Crippen LogP contribution in [0.25, 0.3) is 0 Å². The average molecular weight is 207 g/mol. The summed E-state index contributed by atoms with van der Waals surface area (Å²) in [4.78, 5) is 0. The molecule has 0 saturated heterocycles. The molecule has 82 valence electrons. The third-order valence-corrected chi connectivity index (χ3v) is 2.85. The predicted octanol–water partition coefficient (Wildman–Crippen LogP) is 2.09. The van der Waals surface area contributed by atoms with E-state index in [9.17, 15) is 0 Å². The molecule has 0 amide bonds. The van der Waals surface area contributed by atoms with Gasteiger partial charge in [-0.2, -0.15) is 0 Å². The summed E-state index contributed by atoms with van der Waals surface area (Å²) in [6.07, 6.45) is 0. The van der Waals surface area contributed by atoms with Gasteiger partial charge in [0.1, 0.15) is 13.2 Å². The maximum absolute atomic E-state index is 5.97. The van der Waals surface area contributed by atoms with Crippen LogP contribution < -0.4 is 15.2 Å². The maximum atomic E-state index is 5.97. The molecule has 1 atom stereocenters. The van der Waals surface area contributed by atoms with Crippen molar-refractivity contribution < 1.29 is 9.47 Å². The quantitative estimate of drug-likeness (QED) is 0.767. The Labute approximate surface area is 90.2 Å². The van der Waals surface area contributed by atoms with Crippen LogP contribution in [-0.2, 0) is 0 Å². The summed E-state index contributed by atoms with van der Waals surface area (Å²) >= 11 is 0. The average Bonchev–Trinajstić information content (AvgIpc) is 2.19. The van der Waals surface area contributed by atoms with Gasteiger partial charge in [0.15, 0.2) is 11.5 Å². The van der Waals surface area contributed by atoms with Crippen LogP contribution in [0.3, 0.4) is 0 Å². The first-order valence-corrected chi connectivity index (χ1v) is 5.26. The Kier molecular flexibility index (Phi) is 2.57. The van der Waals surface area contributed by atoms with Gasteiger partial charge < -0.3 is 15.2 Å². The van der Waals surface area contributed by atoms with E-state index in [-0.39, 0.29) is 6.04 Å². The molecular weight excluding hydrogens is 190 g/mol. The van der Waals surface area contributed by atoms with E-state index in [4.69, 9.17) is 15.2 Å². The van der Waals surface area contributed by atoms with Crippen molar-refractivity contribution in [2.45, 2.75) is 26.8 Å². The second kappa shape index (κ2) is 3.74. The lowest BCUT2D eigenvalue weighted by Gasteiger charge is -2.25. The monoisotopic (exact) mass is 207 g/mol. The summed E-state index contributed by atoms with van der Waals surface area (Å²) in [5, 5.41) is 0. The number of rotatable bonds is 1. The van der Waals surface area contributed by atoms with Crippen molar-refractivity contribution in [2.24, 2.45) is 5.73 Å². The van der Waals surface area contributed by atoms with Gasteiger partial charge >= 0.3 is 0 Å². The first-order valence-electron chi connectivity index (χ1n) is 5.26. The topological polar surface area (TPSA) is 44.5 Å². The third-order valence-electron chi connectivity index (χ3n) is 2.85. The number of benzene rings is 1. The van der Waals surface area contributed by atoms with Crippen LogP contribution in [0.15, 0.2) is 6.07 Å². The van der Waals surface area contributed by atoms with Crippen LogP contribution in [-0.4, -0.2) is 13.2 Å². The minimum atomic E-state index is -0.0275. The smallest absolute Gasteiger partial charge is 0.166 e. The van der Waals surface area contributed by atoms with Gasteiger partial charge in [-0.25, -0.2) is 0 Å². The Morgan fingerprint density at radius 2 is 1.93 bits per heavy atom. The van der Waals surface area contributed by atoms with Crippen LogP contribution in [0.4, 0.5) is 0 Å². The summed E-state index contributed by atoms with van der Waals surface area (Å²) in [5.41, 5.74) is 9.45. The van der Waals surface area contributed by atoms with E-state index in [1.54, 1.807) is 0 Å². The third kappa shape index (κ3) is 1.67. The number of hydrogen-bond acceptors (Lipinski definition) is 3. The molecule has 1 unspecified atom stereocenters. The molecule has 3 nitrogen and oxygen atoms in total. The van der Waals surface area contributed by atoms with E-state index in [2.05, 4.69) is 13.8 Å². The minimum absolute atomic E-state index is 0.0275. The highest BCUT2D eigenvalue weighted by Gasteiger charge is 2.21. The molecule has 0 aromatic heterocycles. The molecule has 15 heavy (non-hydrogen) atoms. The Bertz CT molecular complexity index is 386. The van der Waals surface area contributed by atoms with Crippen molar-refractivity contribution in [3.8, 4) is 11.5 Å². The molecule has 0 radical (unpaired) electrons. The summed E-state index contributed by atoms with van der Waals surface area (Å²) in [6, 6.07) is 2.00. The van der Waals surface area contributed by atoms with Crippen molar-refractivity contribution in [2.75, 3.05) is 13.2 Å². The molecule has 0 saturated carbocycles. The fourth-order valence-corrected chi connectivity index (χ4v) is 1.99. The molecule has 0 spiro atoms. The predicted molar refractivity (Wildman–Crippen MR) is 59.5 cm³/mol. The first kappa shape index (κ1) is 10.3. The molecular formula is C12H17NO2. The fourth-order valence-electron chi connectivity index (χ4n) is 1.99. The summed E-state index contributed by atoms with van der Waals surface area (Å²) in [5.74, 6) is 1.66. The second-order valence-corrected chi connectivity index (χ2v) is 4.04. The van der Waals surface area contributed by atoms with Crippen molar-refractivity contribution in [1.29, 1.82) is 0 Å². The van der Waals surface area contributed by atoms with Crippen molar-refractivity contribution >= 4 is 0 Å². The molecule has 3 heteroatoms. The first-order chi connectivity index (χ1) is 7.11. The zero-order valence-electron chi connectivity index (χ0n) is 9.46. The van der Waals surface area contributed by atoms with Gasteiger partial charge in [-0.15, -0.1) is 0 Å². The van der Waals surface area contributed by atoms with Crippen LogP contribution in [0.2, 0.25) is 0 Å². The molecule has 0 bridgehead atoms. The van der Waals surface area contributed by atoms with Gasteiger partial charge in [0, 0.05) is 11.6 Å². The summed E-state index contributed by atoms with van der Waals surface area (Å²) < 4.78 is 11.2. The van der Waals surface area contributed by atoms with E-state index in [0.717, 1.165) is 17.1 Å². The highest BCUT2D eigenvalue weighted by Crippen LogP contribution is 2.40. The zero-order valence-corrected chi connectivity index (χ0v) is 9.46. The highest BCUT2D eigenvalue weighted by atomic mass is 16.6. The van der Waals surface area contributed by atoms with Crippen LogP contribution in [0.5, 0.6) is 11.5 Å². The maximum Gasteiger partial charge on any atom is 0.166 e. The van der Waals surface area contributed by atoms with Crippen molar-refractivity contribution in [1.82, 2.24) is 0 Å². The summed E-state index contributed by atoms with van der Waals surface area (Å²) in [7, 11) is 0. The van der Waals surface area contributed by atoms with Gasteiger partial charge in [-0.3, -0.25) is 0 Å². The molecule has 1 aliphatic rings. The molecule has 1 aromatic rings. The Balaban J connectivity index is 2.63. The van der Waals surface area contributed by atoms with Crippen LogP contribution in [0, 0.1) is 13.8 Å². The lowest BCUT2D eigenvalue weighted by Crippen LogP contribution is -2.20. The zero-order chi connectivity index (χ0) is 11.0. The highest BCUT2D eigenvalue weighted by molar-refractivity contribution is 5.55. The molecule has 0 fully saturated rings. The van der Waals surface area contributed by atoms with Crippen molar-refractivity contribution in [3.05, 3.63) is 22.8 Å². The van der Waals surface area contributed by atoms with Crippen LogP contribution >= 0.6 is 0 Å². The van der Waals surface area contributed by atoms with E-state index < -0.39 is 0 Å². The molecule has 2 rings (SSSR count). The van der Waals surface area contributed by atoms with E-state index >= 15 is 0 Å². The number of nitrogens with two attached hydrogens (primary N) is 1. The van der Waals surface area contributed by atoms with Crippen LogP contribution in [0.1, 0.15) is 29.7 Å². The Morgan fingerprint density at radius 1 is 1.27 bits per heavy atom. The van der Waals surface area contributed by atoms with E-state index in [1.165, 1.54) is 11.1 Å². The van der Waals surface area contributed by atoms with Gasteiger partial charge in [-0.1, -0.05) is 0 Å². The lowest BCUT2D eigenvalue weighted by molar-refractivity contribution is 0.169. The number of aryl methyl sites for hydroxylation is 1. The van der Waals surface area contributed by atoms with Gasteiger partial charge in [-0.05, 0) is 38.0 Å². The standard InChI is InChI=1S/C12H17NO2/c1-7-6-10-12(15-5-4-14-10)11(8(7)2)9(3)13/h6,9H,4-5,13H2,1-3H3. The largest absolute Gasteiger partial charge is 0.486 e. The molecule has 1 aliphatic heterocycles. The number of ether oxygens (including phenoxy) is 2. The summed E-state index contributed by atoms with van der Waals surface area (Å²) in [6.45, 7) is 7.34. The fraction of sp³-hybridized carbons (Fsp3) is 0.500. The second-order valence-electron chi connectivity index (χ2n) is 4.04. The molecule has 2 N–H and O–H groups in total. The Hall–Kier alpha value is -1.22. The van der Waals surface area contributed by atoms with E-state index in [0.29, 0.717) is 13.2 Å². The molecule has 1 aromatic carbocycles. The lowest BCUT2D eigenvalue weighted by atomic mass is 9.96. The Morgan fingerprint density at radius 3 is 2.60 bits per heavy atom. The minimum Gasteiger partial charge on any atom is -0.486 e. The van der Waals surface area contributed by atoms with Gasteiger partial charge in [0.25, 0.3) is 0 Å². The molecule has 1 heterocycles. The van der Waals surface area contributed by atoms with Gasteiger partial charge in [0.2, 0.25) is 0 Å². The number of fused-ring (bicyclic) bond motifs is 1.